The van der Waals surface area contributed by atoms with Gasteiger partial charge < -0.3 is 21.6 Å². The third kappa shape index (κ3) is 3.94. The SMILES string of the molecule is Cc1ccccc1Cn1c2cccc(OCC(=O)O)c2c2c(C(N)=O)cccc21.[H-].[Na+]. The number of nitrogens with zero attached hydrogens (tertiary/aromatic N) is 1. The molecular weight excluding hydrogens is 391 g/mol. The number of aryl methyl sites for hydroxylation is 1. The van der Waals surface area contributed by atoms with Gasteiger partial charge in [-0.25, -0.2) is 4.79 Å². The fourth-order valence-electron chi connectivity index (χ4n) is 3.75. The zero-order valence-corrected chi connectivity index (χ0v) is 18.9. The van der Waals surface area contributed by atoms with E-state index in [1.165, 1.54) is 0 Å². The van der Waals surface area contributed by atoms with Crippen LogP contribution in [-0.4, -0.2) is 28.2 Å². The third-order valence-electron chi connectivity index (χ3n) is 5.08. The van der Waals surface area contributed by atoms with Gasteiger partial charge in [0.25, 0.3) is 0 Å². The molecule has 1 heterocycles. The van der Waals surface area contributed by atoms with Gasteiger partial charge in [0, 0.05) is 17.5 Å². The predicted octanol–water partition coefficient (Wildman–Crippen LogP) is 0.830. The molecule has 1 aromatic heterocycles. The number of ether oxygens (including phenoxy) is 1. The minimum atomic E-state index is -1.07. The van der Waals surface area contributed by atoms with Crippen LogP contribution in [0.1, 0.15) is 22.9 Å². The number of carboxylic acid groups (broad SMARTS) is 1. The van der Waals surface area contributed by atoms with Gasteiger partial charge in [0.15, 0.2) is 6.61 Å². The summed E-state index contributed by atoms with van der Waals surface area (Å²) in [5.74, 6) is -1.20. The fraction of sp³-hybridized carbons (Fsp3) is 0.130. The molecule has 0 fully saturated rings. The second-order valence-corrected chi connectivity index (χ2v) is 6.91. The number of hydrogen-bond donors (Lipinski definition) is 2. The Morgan fingerprint density at radius 2 is 1.67 bits per heavy atom. The summed E-state index contributed by atoms with van der Waals surface area (Å²) in [5.41, 5.74) is 10.0. The molecule has 4 aromatic rings. The van der Waals surface area contributed by atoms with Crippen molar-refractivity contribution in [1.82, 2.24) is 4.57 Å². The van der Waals surface area contributed by atoms with Crippen LogP contribution in [0.25, 0.3) is 21.8 Å². The molecule has 0 unspecified atom stereocenters. The van der Waals surface area contributed by atoms with Gasteiger partial charge in [-0.15, -0.1) is 0 Å². The average Bonchev–Trinajstić information content (AvgIpc) is 3.02. The van der Waals surface area contributed by atoms with Crippen LogP contribution in [0.3, 0.4) is 0 Å². The van der Waals surface area contributed by atoms with Crippen LogP contribution in [0.4, 0.5) is 0 Å². The molecule has 0 atom stereocenters. The molecular formula is C23H21N2NaO4. The molecule has 148 valence electrons. The van der Waals surface area contributed by atoms with E-state index in [4.69, 9.17) is 15.6 Å². The van der Waals surface area contributed by atoms with Crippen molar-refractivity contribution >= 4 is 33.7 Å². The van der Waals surface area contributed by atoms with Crippen LogP contribution < -0.4 is 40.0 Å². The summed E-state index contributed by atoms with van der Waals surface area (Å²) in [5, 5.41) is 10.4. The fourth-order valence-corrected chi connectivity index (χ4v) is 3.75. The standard InChI is InChI=1S/C23H20N2O4.Na.H/c1-14-6-2-3-7-15(14)12-25-17-9-4-8-16(23(24)28)21(17)22-18(25)10-5-11-19(22)29-13-20(26)27;;/h2-11H,12-13H2,1H3,(H2,24,28)(H,26,27);;/q;+1;-1. The second-order valence-electron chi connectivity index (χ2n) is 6.91. The average molecular weight is 412 g/mol. The maximum atomic E-state index is 12.1. The molecule has 0 aliphatic heterocycles. The molecule has 1 amide bonds. The molecule has 3 N–H and O–H groups in total. The number of nitrogens with two attached hydrogens (primary N) is 1. The van der Waals surface area contributed by atoms with E-state index in [0.29, 0.717) is 28.6 Å². The van der Waals surface area contributed by atoms with Crippen LogP contribution in [0.2, 0.25) is 0 Å². The van der Waals surface area contributed by atoms with Crippen molar-refractivity contribution in [2.24, 2.45) is 5.73 Å². The summed E-state index contributed by atoms with van der Waals surface area (Å²) in [7, 11) is 0. The van der Waals surface area contributed by atoms with Crippen LogP contribution in [0.15, 0.2) is 60.7 Å². The Hall–Kier alpha value is -2.80. The number of primary amides is 1. The van der Waals surface area contributed by atoms with Crippen LogP contribution in [0.5, 0.6) is 5.75 Å². The molecule has 30 heavy (non-hydrogen) atoms. The smallest absolute Gasteiger partial charge is 1.00 e. The van der Waals surface area contributed by atoms with Gasteiger partial charge in [0.1, 0.15) is 5.75 Å². The van der Waals surface area contributed by atoms with Gasteiger partial charge >= 0.3 is 35.5 Å². The Morgan fingerprint density at radius 3 is 2.33 bits per heavy atom. The number of carbonyl (C=O) groups is 2. The number of carboxylic acids is 1. The van der Waals surface area contributed by atoms with Gasteiger partial charge in [-0.05, 0) is 42.3 Å². The van der Waals surface area contributed by atoms with Crippen molar-refractivity contribution < 1.29 is 50.4 Å². The topological polar surface area (TPSA) is 94.6 Å². The summed E-state index contributed by atoms with van der Waals surface area (Å²) in [4.78, 5) is 23.2. The van der Waals surface area contributed by atoms with Crippen molar-refractivity contribution in [3.05, 3.63) is 77.4 Å². The first-order valence-corrected chi connectivity index (χ1v) is 9.20. The van der Waals surface area contributed by atoms with Crippen molar-refractivity contribution in [2.45, 2.75) is 13.5 Å². The Kier molecular flexibility index (Phi) is 6.51. The molecule has 0 bridgehead atoms. The first-order chi connectivity index (χ1) is 14.0. The number of aliphatic carboxylic acids is 1. The van der Waals surface area contributed by atoms with E-state index < -0.39 is 18.5 Å². The number of benzene rings is 3. The van der Waals surface area contributed by atoms with Crippen molar-refractivity contribution in [1.29, 1.82) is 0 Å². The van der Waals surface area contributed by atoms with E-state index in [1.807, 2.05) is 30.3 Å². The predicted molar refractivity (Wildman–Crippen MR) is 112 cm³/mol. The summed E-state index contributed by atoms with van der Waals surface area (Å²) in [6.07, 6.45) is 0. The molecule has 0 spiro atoms. The minimum absolute atomic E-state index is 0. The van der Waals surface area contributed by atoms with Crippen molar-refractivity contribution in [3.8, 4) is 5.75 Å². The molecule has 0 saturated carbocycles. The first-order valence-electron chi connectivity index (χ1n) is 9.20. The minimum Gasteiger partial charge on any atom is -1.00 e. The zero-order chi connectivity index (χ0) is 20.5. The first kappa shape index (κ1) is 21.9. The van der Waals surface area contributed by atoms with Crippen molar-refractivity contribution in [3.63, 3.8) is 0 Å². The van der Waals surface area contributed by atoms with E-state index >= 15 is 0 Å². The monoisotopic (exact) mass is 412 g/mol. The van der Waals surface area contributed by atoms with E-state index in [1.54, 1.807) is 18.2 Å². The summed E-state index contributed by atoms with van der Waals surface area (Å²) >= 11 is 0. The zero-order valence-electron chi connectivity index (χ0n) is 17.9. The van der Waals surface area contributed by atoms with Crippen LogP contribution >= 0.6 is 0 Å². The van der Waals surface area contributed by atoms with E-state index in [2.05, 4.69) is 23.6 Å². The number of carbonyl (C=O) groups excluding carboxylic acids is 1. The van der Waals surface area contributed by atoms with Gasteiger partial charge in [-0.2, -0.15) is 0 Å². The molecule has 0 saturated heterocycles. The normalized spacial score (nSPS) is 10.7. The largest absolute Gasteiger partial charge is 1.00 e. The third-order valence-corrected chi connectivity index (χ3v) is 5.08. The molecule has 0 aliphatic rings. The number of aromatic nitrogens is 1. The molecule has 0 aliphatic carbocycles. The summed E-state index contributed by atoms with van der Waals surface area (Å²) in [6, 6.07) is 19.0. The molecule has 7 heteroatoms. The molecule has 6 nitrogen and oxygen atoms in total. The van der Waals surface area contributed by atoms with Gasteiger partial charge in [0.2, 0.25) is 5.91 Å². The van der Waals surface area contributed by atoms with Crippen molar-refractivity contribution in [2.75, 3.05) is 6.61 Å². The molecule has 4 rings (SSSR count). The second kappa shape index (κ2) is 8.92. The number of fused-ring (bicyclic) bond motifs is 3. The number of hydrogen-bond acceptors (Lipinski definition) is 3. The number of amides is 1. The Bertz CT molecular complexity index is 1270. The maximum absolute atomic E-state index is 12.1. The summed E-state index contributed by atoms with van der Waals surface area (Å²) < 4.78 is 7.65. The molecule has 0 radical (unpaired) electrons. The Labute approximate surface area is 197 Å². The summed E-state index contributed by atoms with van der Waals surface area (Å²) in [6.45, 7) is 2.18. The van der Waals surface area contributed by atoms with Gasteiger partial charge in [-0.3, -0.25) is 4.79 Å². The van der Waals surface area contributed by atoms with E-state index in [-0.39, 0.29) is 31.0 Å². The van der Waals surface area contributed by atoms with Crippen LogP contribution in [0, 0.1) is 6.92 Å². The molecule has 3 aromatic carbocycles. The maximum Gasteiger partial charge on any atom is 1.00 e. The Morgan fingerprint density at radius 1 is 1.00 bits per heavy atom. The van der Waals surface area contributed by atoms with E-state index in [9.17, 15) is 9.59 Å². The van der Waals surface area contributed by atoms with E-state index in [0.717, 1.165) is 22.2 Å². The Balaban J connectivity index is 0.00000171. The van der Waals surface area contributed by atoms with Gasteiger partial charge in [-0.1, -0.05) is 36.4 Å². The van der Waals surface area contributed by atoms with Gasteiger partial charge in [0.05, 0.1) is 16.4 Å². The van der Waals surface area contributed by atoms with Crippen LogP contribution in [-0.2, 0) is 11.3 Å². The number of rotatable bonds is 6. The quantitative estimate of drug-likeness (QED) is 0.459.